The highest BCUT2D eigenvalue weighted by Gasteiger charge is 2.15. The molecule has 2 aromatic carbocycles. The lowest BCUT2D eigenvalue weighted by Crippen LogP contribution is -2.20. The standard InChI is InChI=1S/C25H26ClFN6S/c1-15-7-5-6-8-19(15)13-33-18(4)24(17(3)30-33)29-25(34)28-23-11-16(2)32(31-23)14-20-9-10-21(27)12-22(20)26/h5-12H,13-14H2,1-4H3,(H2,28,29,31,34). The Bertz CT molecular complexity index is 1360. The van der Waals surface area contributed by atoms with Crippen LogP contribution in [0.2, 0.25) is 5.02 Å². The summed E-state index contributed by atoms with van der Waals surface area (Å²) < 4.78 is 17.1. The highest BCUT2D eigenvalue weighted by Crippen LogP contribution is 2.23. The Morgan fingerprint density at radius 1 is 0.941 bits per heavy atom. The first-order valence-electron chi connectivity index (χ1n) is 10.9. The largest absolute Gasteiger partial charge is 0.329 e. The number of thiocarbonyl (C=S) groups is 1. The van der Waals surface area contributed by atoms with E-state index in [1.165, 1.54) is 23.3 Å². The molecule has 0 aliphatic rings. The van der Waals surface area contributed by atoms with Gasteiger partial charge in [0.15, 0.2) is 10.9 Å². The summed E-state index contributed by atoms with van der Waals surface area (Å²) in [5.41, 5.74) is 6.90. The SMILES string of the molecule is Cc1ccccc1Cn1nc(C)c(NC(=S)Nc2cc(C)n(Cc3ccc(F)cc3Cl)n2)c1C. The molecule has 6 nitrogen and oxygen atoms in total. The van der Waals surface area contributed by atoms with Crippen molar-refractivity contribution in [3.63, 3.8) is 0 Å². The van der Waals surface area contributed by atoms with Crippen LogP contribution in [0.5, 0.6) is 0 Å². The van der Waals surface area contributed by atoms with Crippen molar-refractivity contribution in [1.29, 1.82) is 0 Å². The second-order valence-electron chi connectivity index (χ2n) is 8.27. The van der Waals surface area contributed by atoms with Gasteiger partial charge in [0.05, 0.1) is 30.2 Å². The lowest BCUT2D eigenvalue weighted by molar-refractivity contribution is 0.623. The molecule has 0 saturated heterocycles. The van der Waals surface area contributed by atoms with Crippen molar-refractivity contribution in [1.82, 2.24) is 19.6 Å². The number of benzene rings is 2. The Kier molecular flexibility index (Phi) is 7.00. The van der Waals surface area contributed by atoms with E-state index in [4.69, 9.17) is 28.9 Å². The number of anilines is 2. The maximum Gasteiger partial charge on any atom is 0.176 e. The molecule has 0 saturated carbocycles. The van der Waals surface area contributed by atoms with Crippen molar-refractivity contribution in [3.8, 4) is 0 Å². The number of aromatic nitrogens is 4. The Morgan fingerprint density at radius 2 is 1.68 bits per heavy atom. The molecule has 176 valence electrons. The average Bonchev–Trinajstić information content (AvgIpc) is 3.24. The monoisotopic (exact) mass is 496 g/mol. The van der Waals surface area contributed by atoms with E-state index in [9.17, 15) is 4.39 Å². The molecule has 0 spiro atoms. The summed E-state index contributed by atoms with van der Waals surface area (Å²) >= 11 is 11.7. The summed E-state index contributed by atoms with van der Waals surface area (Å²) in [7, 11) is 0. The Labute approximate surface area is 208 Å². The normalized spacial score (nSPS) is 11.0. The summed E-state index contributed by atoms with van der Waals surface area (Å²) in [6, 6.07) is 14.5. The molecule has 4 aromatic rings. The van der Waals surface area contributed by atoms with Gasteiger partial charge >= 0.3 is 0 Å². The lowest BCUT2D eigenvalue weighted by atomic mass is 10.1. The molecule has 0 unspecified atom stereocenters. The third-order valence-electron chi connectivity index (χ3n) is 5.76. The summed E-state index contributed by atoms with van der Waals surface area (Å²) in [6.45, 7) is 9.14. The van der Waals surface area contributed by atoms with E-state index < -0.39 is 0 Å². The van der Waals surface area contributed by atoms with Crippen LogP contribution in [0.25, 0.3) is 0 Å². The number of hydrogen-bond acceptors (Lipinski definition) is 3. The van der Waals surface area contributed by atoms with Crippen LogP contribution >= 0.6 is 23.8 Å². The van der Waals surface area contributed by atoms with E-state index in [1.807, 2.05) is 43.7 Å². The quantitative estimate of drug-likeness (QED) is 0.320. The predicted molar refractivity (Wildman–Crippen MR) is 139 cm³/mol. The van der Waals surface area contributed by atoms with Crippen LogP contribution in [0.3, 0.4) is 0 Å². The van der Waals surface area contributed by atoms with Crippen molar-refractivity contribution >= 4 is 40.4 Å². The zero-order valence-corrected chi connectivity index (χ0v) is 21.1. The van der Waals surface area contributed by atoms with Gasteiger partial charge in [0.25, 0.3) is 0 Å². The van der Waals surface area contributed by atoms with Crippen molar-refractivity contribution in [2.75, 3.05) is 10.6 Å². The molecule has 0 bridgehead atoms. The second-order valence-corrected chi connectivity index (χ2v) is 9.09. The number of halogens is 2. The first-order valence-corrected chi connectivity index (χ1v) is 11.6. The highest BCUT2D eigenvalue weighted by molar-refractivity contribution is 7.80. The van der Waals surface area contributed by atoms with Gasteiger partial charge in [-0.05, 0) is 68.7 Å². The molecule has 0 fully saturated rings. The van der Waals surface area contributed by atoms with Gasteiger partial charge < -0.3 is 10.6 Å². The van der Waals surface area contributed by atoms with Crippen LogP contribution in [0.1, 0.15) is 33.8 Å². The van der Waals surface area contributed by atoms with Gasteiger partial charge in [0.1, 0.15) is 5.82 Å². The number of nitrogens with zero attached hydrogens (tertiary/aromatic N) is 4. The number of nitrogens with one attached hydrogen (secondary N) is 2. The molecule has 0 radical (unpaired) electrons. The van der Waals surface area contributed by atoms with Gasteiger partial charge in [-0.15, -0.1) is 0 Å². The van der Waals surface area contributed by atoms with Gasteiger partial charge in [-0.25, -0.2) is 4.39 Å². The Balaban J connectivity index is 1.45. The minimum Gasteiger partial charge on any atom is -0.329 e. The smallest absolute Gasteiger partial charge is 0.176 e. The molecule has 0 amide bonds. The van der Waals surface area contributed by atoms with E-state index in [0.717, 1.165) is 28.3 Å². The minimum absolute atomic E-state index is 0.363. The lowest BCUT2D eigenvalue weighted by Gasteiger charge is -2.11. The molecule has 9 heteroatoms. The first-order chi connectivity index (χ1) is 16.2. The average molecular weight is 497 g/mol. The van der Waals surface area contributed by atoms with Crippen LogP contribution < -0.4 is 10.6 Å². The van der Waals surface area contributed by atoms with Crippen molar-refractivity contribution < 1.29 is 4.39 Å². The van der Waals surface area contributed by atoms with Gasteiger partial charge in [-0.3, -0.25) is 9.36 Å². The van der Waals surface area contributed by atoms with Crippen molar-refractivity contribution in [3.05, 3.63) is 93.1 Å². The van der Waals surface area contributed by atoms with E-state index in [2.05, 4.69) is 34.8 Å². The topological polar surface area (TPSA) is 59.7 Å². The minimum atomic E-state index is -0.363. The Morgan fingerprint density at radius 3 is 2.41 bits per heavy atom. The number of hydrogen-bond donors (Lipinski definition) is 2. The fourth-order valence-electron chi connectivity index (χ4n) is 3.78. The Hall–Kier alpha value is -3.23. The van der Waals surface area contributed by atoms with Crippen LogP contribution in [0, 0.1) is 33.5 Å². The fourth-order valence-corrected chi connectivity index (χ4v) is 4.22. The number of aryl methyl sites for hydroxylation is 3. The highest BCUT2D eigenvalue weighted by atomic mass is 35.5. The van der Waals surface area contributed by atoms with Crippen molar-refractivity contribution in [2.45, 2.75) is 40.8 Å². The van der Waals surface area contributed by atoms with E-state index in [1.54, 1.807) is 10.7 Å². The third kappa shape index (κ3) is 5.29. The van der Waals surface area contributed by atoms with Crippen LogP contribution in [0.4, 0.5) is 15.9 Å². The van der Waals surface area contributed by atoms with Crippen LogP contribution in [0.15, 0.2) is 48.5 Å². The molecule has 2 heterocycles. The molecule has 2 N–H and O–H groups in total. The van der Waals surface area contributed by atoms with E-state index >= 15 is 0 Å². The van der Waals surface area contributed by atoms with Gasteiger partial charge in [-0.2, -0.15) is 10.2 Å². The molecular formula is C25H26ClFN6S. The second kappa shape index (κ2) is 9.95. The third-order valence-corrected chi connectivity index (χ3v) is 6.32. The molecular weight excluding hydrogens is 471 g/mol. The summed E-state index contributed by atoms with van der Waals surface area (Å²) in [5, 5.41) is 16.5. The van der Waals surface area contributed by atoms with Crippen molar-refractivity contribution in [2.24, 2.45) is 0 Å². The maximum atomic E-state index is 13.3. The molecule has 34 heavy (non-hydrogen) atoms. The first kappa shape index (κ1) is 23.9. The summed E-state index contributed by atoms with van der Waals surface area (Å²) in [6.07, 6.45) is 0. The van der Waals surface area contributed by atoms with Gasteiger partial charge in [0.2, 0.25) is 0 Å². The maximum absolute atomic E-state index is 13.3. The van der Waals surface area contributed by atoms with Gasteiger partial charge in [0, 0.05) is 16.8 Å². The summed E-state index contributed by atoms with van der Waals surface area (Å²) in [5.74, 6) is 0.244. The van der Waals surface area contributed by atoms with Crippen LogP contribution in [-0.4, -0.2) is 24.7 Å². The van der Waals surface area contributed by atoms with E-state index in [-0.39, 0.29) is 5.82 Å². The fraction of sp³-hybridized carbons (Fsp3) is 0.240. The molecule has 2 aromatic heterocycles. The van der Waals surface area contributed by atoms with Gasteiger partial charge in [-0.1, -0.05) is 41.9 Å². The molecule has 4 rings (SSSR count). The number of rotatable bonds is 6. The molecule has 0 atom stereocenters. The molecule has 0 aliphatic carbocycles. The summed E-state index contributed by atoms with van der Waals surface area (Å²) in [4.78, 5) is 0. The zero-order valence-electron chi connectivity index (χ0n) is 19.5. The zero-order chi connectivity index (χ0) is 24.4. The van der Waals surface area contributed by atoms with E-state index in [0.29, 0.717) is 29.0 Å². The van der Waals surface area contributed by atoms with Crippen LogP contribution in [-0.2, 0) is 13.1 Å². The predicted octanol–water partition coefficient (Wildman–Crippen LogP) is 6.01. The molecule has 0 aliphatic heterocycles.